The van der Waals surface area contributed by atoms with Crippen LogP contribution in [0.5, 0.6) is 0 Å². The molecule has 1 aliphatic carbocycles. The molecule has 0 fully saturated rings. The standard InChI is InChI=1S/C20H25N3OS/c1-3-23(4-2)16-11-9-15(10-12-16)13-21-22-20(24)18-14-25-19-8-6-5-7-17(18)19/h9-14H,3-8H2,1-2H3,(H,22,24)/b21-13+. The van der Waals surface area contributed by atoms with E-state index in [0.717, 1.165) is 37.1 Å². The molecule has 1 amide bonds. The van der Waals surface area contributed by atoms with Crippen LogP contribution in [0.25, 0.3) is 0 Å². The highest BCUT2D eigenvalue weighted by molar-refractivity contribution is 7.10. The molecular formula is C20H25N3OS. The average molecular weight is 356 g/mol. The van der Waals surface area contributed by atoms with E-state index in [0.29, 0.717) is 0 Å². The van der Waals surface area contributed by atoms with Crippen molar-refractivity contribution >= 4 is 29.1 Å². The van der Waals surface area contributed by atoms with Crippen LogP contribution in [-0.4, -0.2) is 25.2 Å². The van der Waals surface area contributed by atoms with Crippen molar-refractivity contribution in [1.29, 1.82) is 0 Å². The van der Waals surface area contributed by atoms with Gasteiger partial charge in [-0.2, -0.15) is 5.10 Å². The molecule has 1 aromatic heterocycles. The molecule has 0 unspecified atom stereocenters. The Labute approximate surface area is 153 Å². The Morgan fingerprint density at radius 1 is 1.20 bits per heavy atom. The van der Waals surface area contributed by atoms with Crippen LogP contribution in [0.15, 0.2) is 34.7 Å². The van der Waals surface area contributed by atoms with Gasteiger partial charge in [0.15, 0.2) is 0 Å². The van der Waals surface area contributed by atoms with E-state index < -0.39 is 0 Å². The lowest BCUT2D eigenvalue weighted by molar-refractivity contribution is 0.0954. The molecule has 0 bridgehead atoms. The number of hydrogen-bond acceptors (Lipinski definition) is 4. The largest absolute Gasteiger partial charge is 0.372 e. The van der Waals surface area contributed by atoms with Gasteiger partial charge in [-0.05, 0) is 62.8 Å². The highest BCUT2D eigenvalue weighted by Crippen LogP contribution is 2.30. The number of anilines is 1. The zero-order valence-corrected chi connectivity index (χ0v) is 15.7. The van der Waals surface area contributed by atoms with E-state index in [-0.39, 0.29) is 5.91 Å². The summed E-state index contributed by atoms with van der Waals surface area (Å²) in [6, 6.07) is 8.22. The van der Waals surface area contributed by atoms with Gasteiger partial charge in [-0.15, -0.1) is 11.3 Å². The van der Waals surface area contributed by atoms with Crippen molar-refractivity contribution in [3.05, 3.63) is 51.2 Å². The number of thiophene rings is 1. The van der Waals surface area contributed by atoms with E-state index in [9.17, 15) is 4.79 Å². The second kappa shape index (κ2) is 8.30. The topological polar surface area (TPSA) is 44.7 Å². The van der Waals surface area contributed by atoms with Crippen LogP contribution < -0.4 is 10.3 Å². The number of nitrogens with one attached hydrogen (secondary N) is 1. The van der Waals surface area contributed by atoms with Crippen LogP contribution in [0.4, 0.5) is 5.69 Å². The maximum atomic E-state index is 12.4. The summed E-state index contributed by atoms with van der Waals surface area (Å²) in [7, 11) is 0. The predicted octanol–water partition coefficient (Wildman–Crippen LogP) is 4.24. The minimum Gasteiger partial charge on any atom is -0.372 e. The Morgan fingerprint density at radius 3 is 2.64 bits per heavy atom. The van der Waals surface area contributed by atoms with Crippen LogP contribution in [-0.2, 0) is 12.8 Å². The summed E-state index contributed by atoms with van der Waals surface area (Å²) in [5.41, 5.74) is 6.88. The first-order valence-corrected chi connectivity index (χ1v) is 9.88. The maximum Gasteiger partial charge on any atom is 0.272 e. The van der Waals surface area contributed by atoms with E-state index in [2.05, 4.69) is 41.4 Å². The average Bonchev–Trinajstić information content (AvgIpc) is 3.08. The lowest BCUT2D eigenvalue weighted by atomic mass is 9.96. The van der Waals surface area contributed by atoms with Crippen molar-refractivity contribution in [3.8, 4) is 0 Å². The molecule has 5 heteroatoms. The van der Waals surface area contributed by atoms with Crippen LogP contribution in [0.2, 0.25) is 0 Å². The summed E-state index contributed by atoms with van der Waals surface area (Å²) in [6.07, 6.45) is 6.22. The Morgan fingerprint density at radius 2 is 1.92 bits per heavy atom. The fraction of sp³-hybridized carbons (Fsp3) is 0.400. The van der Waals surface area contributed by atoms with Gasteiger partial charge in [0.25, 0.3) is 5.91 Å². The van der Waals surface area contributed by atoms with Crippen molar-refractivity contribution in [2.45, 2.75) is 39.5 Å². The normalized spacial score (nSPS) is 13.7. The van der Waals surface area contributed by atoms with Crippen molar-refractivity contribution in [3.63, 3.8) is 0 Å². The van der Waals surface area contributed by atoms with Crippen LogP contribution >= 0.6 is 11.3 Å². The summed E-state index contributed by atoms with van der Waals surface area (Å²) in [5, 5.41) is 6.10. The molecule has 0 saturated heterocycles. The summed E-state index contributed by atoms with van der Waals surface area (Å²) in [6.45, 7) is 6.28. The number of aryl methyl sites for hydroxylation is 1. The third-order valence-corrected chi connectivity index (χ3v) is 5.80. The third-order valence-electron chi connectivity index (χ3n) is 4.71. The maximum absolute atomic E-state index is 12.4. The molecule has 132 valence electrons. The summed E-state index contributed by atoms with van der Waals surface area (Å²) in [4.78, 5) is 16.0. The van der Waals surface area contributed by atoms with Gasteiger partial charge in [0, 0.05) is 29.0 Å². The van der Waals surface area contributed by atoms with Crippen LogP contribution in [0.3, 0.4) is 0 Å². The Bertz CT molecular complexity index is 745. The Balaban J connectivity index is 1.61. The zero-order chi connectivity index (χ0) is 17.6. The molecule has 1 N–H and O–H groups in total. The molecule has 25 heavy (non-hydrogen) atoms. The molecule has 0 spiro atoms. The monoisotopic (exact) mass is 355 g/mol. The molecule has 1 aromatic carbocycles. The highest BCUT2D eigenvalue weighted by Gasteiger charge is 2.19. The summed E-state index contributed by atoms with van der Waals surface area (Å²) >= 11 is 1.70. The second-order valence-electron chi connectivity index (χ2n) is 6.22. The number of carbonyl (C=O) groups is 1. The fourth-order valence-corrected chi connectivity index (χ4v) is 4.40. The first-order valence-electron chi connectivity index (χ1n) is 9.00. The SMILES string of the molecule is CCN(CC)c1ccc(/C=N/NC(=O)c2csc3c2CCCC3)cc1. The number of nitrogens with zero attached hydrogens (tertiary/aromatic N) is 2. The zero-order valence-electron chi connectivity index (χ0n) is 14.9. The van der Waals surface area contributed by atoms with E-state index >= 15 is 0 Å². The number of amides is 1. The molecule has 1 heterocycles. The van der Waals surface area contributed by atoms with Crippen molar-refractivity contribution in [1.82, 2.24) is 5.43 Å². The molecule has 2 aromatic rings. The van der Waals surface area contributed by atoms with E-state index in [1.165, 1.54) is 29.0 Å². The lowest BCUT2D eigenvalue weighted by Gasteiger charge is -2.20. The molecular weight excluding hydrogens is 330 g/mol. The number of rotatable bonds is 6. The molecule has 4 nitrogen and oxygen atoms in total. The Kier molecular flexibility index (Phi) is 5.87. The van der Waals surface area contributed by atoms with E-state index in [1.54, 1.807) is 17.6 Å². The van der Waals surface area contributed by atoms with Crippen molar-refractivity contribution in [2.24, 2.45) is 5.10 Å². The fourth-order valence-electron chi connectivity index (χ4n) is 3.27. The van der Waals surface area contributed by atoms with Crippen molar-refractivity contribution in [2.75, 3.05) is 18.0 Å². The number of hydrazone groups is 1. The quantitative estimate of drug-likeness (QED) is 0.622. The van der Waals surface area contributed by atoms with Gasteiger partial charge in [0.1, 0.15) is 0 Å². The van der Waals surface area contributed by atoms with Crippen LogP contribution in [0.1, 0.15) is 53.1 Å². The van der Waals surface area contributed by atoms with Gasteiger partial charge in [-0.3, -0.25) is 4.79 Å². The van der Waals surface area contributed by atoms with Gasteiger partial charge < -0.3 is 4.90 Å². The molecule has 3 rings (SSSR count). The molecule has 1 aliphatic rings. The van der Waals surface area contributed by atoms with E-state index in [1.807, 2.05) is 17.5 Å². The van der Waals surface area contributed by atoms with Crippen molar-refractivity contribution < 1.29 is 4.79 Å². The molecule has 0 saturated carbocycles. The summed E-state index contributed by atoms with van der Waals surface area (Å²) in [5.74, 6) is -0.101. The molecule has 0 radical (unpaired) electrons. The minimum atomic E-state index is -0.101. The van der Waals surface area contributed by atoms with Gasteiger partial charge in [-0.1, -0.05) is 12.1 Å². The van der Waals surface area contributed by atoms with Gasteiger partial charge >= 0.3 is 0 Å². The second-order valence-corrected chi connectivity index (χ2v) is 7.19. The van der Waals surface area contributed by atoms with Gasteiger partial charge in [0.2, 0.25) is 0 Å². The van der Waals surface area contributed by atoms with Crippen LogP contribution in [0, 0.1) is 0 Å². The Hall–Kier alpha value is -2.14. The lowest BCUT2D eigenvalue weighted by Crippen LogP contribution is -2.21. The first-order chi connectivity index (χ1) is 12.2. The molecule has 0 atom stereocenters. The van der Waals surface area contributed by atoms with E-state index in [4.69, 9.17) is 0 Å². The highest BCUT2D eigenvalue weighted by atomic mass is 32.1. The molecule has 0 aliphatic heterocycles. The smallest absolute Gasteiger partial charge is 0.272 e. The predicted molar refractivity (Wildman–Crippen MR) is 106 cm³/mol. The number of fused-ring (bicyclic) bond motifs is 1. The summed E-state index contributed by atoms with van der Waals surface area (Å²) < 4.78 is 0. The minimum absolute atomic E-state index is 0.101. The third kappa shape index (κ3) is 4.10. The first kappa shape index (κ1) is 17.7. The number of hydrogen-bond donors (Lipinski definition) is 1. The van der Waals surface area contributed by atoms with Gasteiger partial charge in [-0.25, -0.2) is 5.43 Å². The number of carbonyl (C=O) groups excluding carboxylic acids is 1. The number of benzene rings is 1. The van der Waals surface area contributed by atoms with Gasteiger partial charge in [0.05, 0.1) is 11.8 Å².